The molecule has 0 bridgehead atoms. The van der Waals surface area contributed by atoms with Crippen molar-refractivity contribution in [2.75, 3.05) is 0 Å². The van der Waals surface area contributed by atoms with E-state index in [0.717, 1.165) is 0 Å². The summed E-state index contributed by atoms with van der Waals surface area (Å²) in [6.07, 6.45) is 1.15. The monoisotopic (exact) mass is 332 g/mol. The van der Waals surface area contributed by atoms with Crippen molar-refractivity contribution in [1.82, 2.24) is 0 Å². The van der Waals surface area contributed by atoms with E-state index in [1.54, 1.807) is 0 Å². The van der Waals surface area contributed by atoms with Crippen LogP contribution in [-0.4, -0.2) is 44.3 Å². The molecule has 8 heteroatoms. The first kappa shape index (κ1) is 20.9. The van der Waals surface area contributed by atoms with Crippen molar-refractivity contribution in [1.29, 1.82) is 0 Å². The molecule has 3 atom stereocenters. The summed E-state index contributed by atoms with van der Waals surface area (Å²) >= 11 is 0. The van der Waals surface area contributed by atoms with Crippen LogP contribution in [-0.2, 0) is 19.2 Å². The fourth-order valence-corrected chi connectivity index (χ4v) is 2.80. The standard InChI is InChI=1S/C15H24O8/c1-9(7-12(18)19)14(15(22)23)10(8-13(20)21)5-3-2-4-6-11(16)17/h9-10,14H,2-8H2,1H3,(H,16,17)(H,18,19)(H,20,21)(H,22,23). The molecule has 0 aromatic heterocycles. The van der Waals surface area contributed by atoms with E-state index in [1.165, 1.54) is 6.92 Å². The van der Waals surface area contributed by atoms with Crippen LogP contribution in [0.3, 0.4) is 0 Å². The lowest BCUT2D eigenvalue weighted by molar-refractivity contribution is -0.149. The summed E-state index contributed by atoms with van der Waals surface area (Å²) in [5, 5.41) is 35.7. The van der Waals surface area contributed by atoms with Gasteiger partial charge in [-0.05, 0) is 24.7 Å². The molecule has 0 amide bonds. The van der Waals surface area contributed by atoms with Crippen LogP contribution in [0, 0.1) is 17.8 Å². The highest BCUT2D eigenvalue weighted by Gasteiger charge is 2.35. The molecule has 23 heavy (non-hydrogen) atoms. The van der Waals surface area contributed by atoms with Crippen molar-refractivity contribution in [3.05, 3.63) is 0 Å². The van der Waals surface area contributed by atoms with Gasteiger partial charge in [-0.15, -0.1) is 0 Å². The molecule has 0 aliphatic heterocycles. The Morgan fingerprint density at radius 3 is 1.78 bits per heavy atom. The first-order valence-corrected chi connectivity index (χ1v) is 7.53. The van der Waals surface area contributed by atoms with Crippen LogP contribution in [0.5, 0.6) is 0 Å². The Labute approximate surface area is 134 Å². The Morgan fingerprint density at radius 1 is 0.783 bits per heavy atom. The Morgan fingerprint density at radius 2 is 1.35 bits per heavy atom. The van der Waals surface area contributed by atoms with E-state index in [1.807, 2.05) is 0 Å². The number of aliphatic carboxylic acids is 4. The average molecular weight is 332 g/mol. The van der Waals surface area contributed by atoms with Crippen LogP contribution in [0.2, 0.25) is 0 Å². The van der Waals surface area contributed by atoms with Crippen LogP contribution in [0.15, 0.2) is 0 Å². The summed E-state index contributed by atoms with van der Waals surface area (Å²) in [7, 11) is 0. The smallest absolute Gasteiger partial charge is 0.307 e. The molecule has 0 fully saturated rings. The molecule has 8 nitrogen and oxygen atoms in total. The van der Waals surface area contributed by atoms with Crippen molar-refractivity contribution >= 4 is 23.9 Å². The van der Waals surface area contributed by atoms with E-state index in [-0.39, 0.29) is 19.3 Å². The van der Waals surface area contributed by atoms with Crippen LogP contribution in [0.25, 0.3) is 0 Å². The molecule has 0 spiro atoms. The largest absolute Gasteiger partial charge is 0.481 e. The second-order valence-electron chi connectivity index (χ2n) is 5.79. The van der Waals surface area contributed by atoms with E-state index in [0.29, 0.717) is 25.7 Å². The zero-order valence-electron chi connectivity index (χ0n) is 13.1. The molecular weight excluding hydrogens is 308 g/mol. The zero-order chi connectivity index (χ0) is 18.0. The van der Waals surface area contributed by atoms with Gasteiger partial charge < -0.3 is 20.4 Å². The van der Waals surface area contributed by atoms with E-state index >= 15 is 0 Å². The minimum atomic E-state index is -1.20. The topological polar surface area (TPSA) is 149 Å². The first-order chi connectivity index (χ1) is 10.6. The molecule has 0 radical (unpaired) electrons. The predicted molar refractivity (Wildman–Crippen MR) is 79.0 cm³/mol. The van der Waals surface area contributed by atoms with Crippen LogP contribution in [0.4, 0.5) is 0 Å². The highest BCUT2D eigenvalue weighted by Crippen LogP contribution is 2.31. The van der Waals surface area contributed by atoms with Crippen molar-refractivity contribution in [2.45, 2.75) is 51.9 Å². The second kappa shape index (κ2) is 10.6. The molecular formula is C15H24O8. The van der Waals surface area contributed by atoms with Crippen molar-refractivity contribution in [3.63, 3.8) is 0 Å². The van der Waals surface area contributed by atoms with Crippen molar-refractivity contribution < 1.29 is 39.6 Å². The fourth-order valence-electron chi connectivity index (χ4n) is 2.80. The molecule has 0 heterocycles. The van der Waals surface area contributed by atoms with Gasteiger partial charge in [0.25, 0.3) is 0 Å². The van der Waals surface area contributed by atoms with Gasteiger partial charge in [0.05, 0.1) is 5.92 Å². The van der Waals surface area contributed by atoms with Gasteiger partial charge >= 0.3 is 23.9 Å². The van der Waals surface area contributed by atoms with Gasteiger partial charge in [0, 0.05) is 19.3 Å². The summed E-state index contributed by atoms with van der Waals surface area (Å²) in [5.41, 5.74) is 0. The molecule has 0 saturated heterocycles. The summed E-state index contributed by atoms with van der Waals surface area (Å²) < 4.78 is 0. The molecule has 0 aromatic carbocycles. The number of hydrogen-bond acceptors (Lipinski definition) is 4. The Bertz CT molecular complexity index is 431. The lowest BCUT2D eigenvalue weighted by atomic mass is 9.76. The van der Waals surface area contributed by atoms with Crippen molar-refractivity contribution in [2.24, 2.45) is 17.8 Å². The molecule has 0 saturated carbocycles. The highest BCUT2D eigenvalue weighted by molar-refractivity contribution is 5.74. The maximum Gasteiger partial charge on any atom is 0.307 e. The number of unbranched alkanes of at least 4 members (excludes halogenated alkanes) is 2. The molecule has 0 rings (SSSR count). The van der Waals surface area contributed by atoms with Gasteiger partial charge in [-0.1, -0.05) is 19.8 Å². The number of rotatable bonds is 13. The first-order valence-electron chi connectivity index (χ1n) is 7.53. The van der Waals surface area contributed by atoms with Gasteiger partial charge in [-0.2, -0.15) is 0 Å². The molecule has 132 valence electrons. The van der Waals surface area contributed by atoms with Gasteiger partial charge in [0.1, 0.15) is 0 Å². The number of hydrogen-bond donors (Lipinski definition) is 4. The third-order valence-electron chi connectivity index (χ3n) is 3.81. The third kappa shape index (κ3) is 9.49. The van der Waals surface area contributed by atoms with Gasteiger partial charge in [0.2, 0.25) is 0 Å². The maximum atomic E-state index is 11.5. The van der Waals surface area contributed by atoms with E-state index in [4.69, 9.17) is 15.3 Å². The predicted octanol–water partition coefficient (Wildman–Crippen LogP) is 1.92. The molecule has 0 aromatic rings. The lowest BCUT2D eigenvalue weighted by Gasteiger charge is -2.27. The summed E-state index contributed by atoms with van der Waals surface area (Å²) in [5.74, 6) is -6.78. The molecule has 4 N–H and O–H groups in total. The minimum absolute atomic E-state index is 0.0153. The fraction of sp³-hybridized carbons (Fsp3) is 0.733. The van der Waals surface area contributed by atoms with E-state index < -0.39 is 41.6 Å². The second-order valence-corrected chi connectivity index (χ2v) is 5.79. The zero-order valence-corrected chi connectivity index (χ0v) is 13.1. The third-order valence-corrected chi connectivity index (χ3v) is 3.81. The number of carboxylic acids is 4. The Balaban J connectivity index is 4.79. The van der Waals surface area contributed by atoms with Crippen molar-refractivity contribution in [3.8, 4) is 0 Å². The molecule has 3 unspecified atom stereocenters. The summed E-state index contributed by atoms with van der Waals surface area (Å²) in [4.78, 5) is 43.6. The molecule has 0 aliphatic rings. The average Bonchev–Trinajstić information content (AvgIpc) is 2.35. The normalized spacial score (nSPS) is 14.7. The van der Waals surface area contributed by atoms with Crippen LogP contribution < -0.4 is 0 Å². The lowest BCUT2D eigenvalue weighted by Crippen LogP contribution is -2.32. The Kier molecular flexibility index (Phi) is 9.60. The minimum Gasteiger partial charge on any atom is -0.481 e. The quantitative estimate of drug-likeness (QED) is 0.374. The molecule has 0 aliphatic carbocycles. The van der Waals surface area contributed by atoms with Crippen LogP contribution in [0.1, 0.15) is 51.9 Å². The number of carboxylic acid groups (broad SMARTS) is 4. The van der Waals surface area contributed by atoms with Gasteiger partial charge in [-0.25, -0.2) is 0 Å². The summed E-state index contributed by atoms with van der Waals surface area (Å²) in [6.45, 7) is 1.49. The highest BCUT2D eigenvalue weighted by atomic mass is 16.4. The number of carbonyl (C=O) groups is 4. The van der Waals surface area contributed by atoms with Crippen LogP contribution >= 0.6 is 0 Å². The van der Waals surface area contributed by atoms with E-state index in [9.17, 15) is 24.3 Å². The maximum absolute atomic E-state index is 11.5. The SMILES string of the molecule is CC(CC(=O)O)C(C(=O)O)C(CCCCCC(=O)O)CC(=O)O. The van der Waals surface area contributed by atoms with Gasteiger partial charge in [0.15, 0.2) is 0 Å². The Hall–Kier alpha value is -2.12. The summed E-state index contributed by atoms with van der Waals surface area (Å²) in [6, 6.07) is 0. The van der Waals surface area contributed by atoms with Gasteiger partial charge in [-0.3, -0.25) is 19.2 Å². The van der Waals surface area contributed by atoms with E-state index in [2.05, 4.69) is 0 Å².